The number of carbonyl (C=O) groups excluding carboxylic acids is 2. The number of rotatable bonds is 1. The zero-order valence-electron chi connectivity index (χ0n) is 17.2. The van der Waals surface area contributed by atoms with Crippen molar-refractivity contribution >= 4 is 29.0 Å². The van der Waals surface area contributed by atoms with Gasteiger partial charge in [0.05, 0.1) is 5.39 Å². The van der Waals surface area contributed by atoms with Crippen molar-refractivity contribution in [3.05, 3.63) is 23.8 Å². The molecule has 28 heavy (non-hydrogen) atoms. The summed E-state index contributed by atoms with van der Waals surface area (Å²) in [7, 11) is 0. The van der Waals surface area contributed by atoms with Crippen molar-refractivity contribution in [3.63, 3.8) is 0 Å². The van der Waals surface area contributed by atoms with E-state index in [1.54, 1.807) is 41.5 Å². The summed E-state index contributed by atoms with van der Waals surface area (Å²) in [5.74, 6) is 0.417. The van der Waals surface area contributed by atoms with Crippen molar-refractivity contribution in [2.24, 2.45) is 17.2 Å². The van der Waals surface area contributed by atoms with Crippen molar-refractivity contribution in [1.29, 1.82) is 0 Å². The fraction of sp³-hybridized carbons (Fsp3) is 0.500. The van der Waals surface area contributed by atoms with Gasteiger partial charge in [-0.25, -0.2) is 9.59 Å². The largest absolute Gasteiger partial charge is 0.444 e. The molecule has 1 aromatic carbocycles. The topological polar surface area (TPSA) is 183 Å². The van der Waals surface area contributed by atoms with Crippen LogP contribution in [-0.2, 0) is 16.0 Å². The fourth-order valence-electron chi connectivity index (χ4n) is 1.73. The van der Waals surface area contributed by atoms with E-state index in [4.69, 9.17) is 27.5 Å². The Morgan fingerprint density at radius 3 is 1.79 bits per heavy atom. The number of amides is 2. The molecule has 0 aliphatic carbocycles. The molecule has 1 aromatic heterocycles. The number of fused-ring (bicyclic) bond motifs is 1. The first kappa shape index (κ1) is 25.0. The quantitative estimate of drug-likeness (QED) is 0.566. The first-order chi connectivity index (χ1) is 12.6. The summed E-state index contributed by atoms with van der Waals surface area (Å²) >= 11 is 0. The van der Waals surface area contributed by atoms with Gasteiger partial charge in [-0.2, -0.15) is 0 Å². The fourth-order valence-corrected chi connectivity index (χ4v) is 1.73. The Kier molecular flexibility index (Phi) is 9.24. The Morgan fingerprint density at radius 1 is 1.00 bits per heavy atom. The van der Waals surface area contributed by atoms with Crippen molar-refractivity contribution in [3.8, 4) is 0 Å². The number of ether oxygens (including phenoxy) is 2. The number of hydrogen-bond donors (Lipinski definition) is 4. The predicted molar refractivity (Wildman–Crippen MR) is 107 cm³/mol. The molecule has 0 bridgehead atoms. The lowest BCUT2D eigenvalue weighted by Crippen LogP contribution is -2.27. The standard InChI is InChI=1S/C8H9N3O.2C5H11NO2/c9-4-5-1-2-7-6(3-5)8(10)11-12-7;2*1-5(2,3)8-4(6)7/h1-3H,4,9H2,(H2,10,11);2*1-3H3,(H2,6,7). The predicted octanol–water partition coefficient (Wildman–Crippen LogP) is 2.63. The number of benzene rings is 1. The van der Waals surface area contributed by atoms with Crippen molar-refractivity contribution in [1.82, 2.24) is 5.16 Å². The molecule has 8 N–H and O–H groups in total. The average molecular weight is 397 g/mol. The van der Waals surface area contributed by atoms with Crippen LogP contribution in [0.25, 0.3) is 11.0 Å². The van der Waals surface area contributed by atoms with Crippen LogP contribution in [0.5, 0.6) is 0 Å². The first-order valence-corrected chi connectivity index (χ1v) is 8.45. The summed E-state index contributed by atoms with van der Waals surface area (Å²) in [5, 5.41) is 4.46. The third kappa shape index (κ3) is 11.6. The van der Waals surface area contributed by atoms with E-state index in [1.165, 1.54) is 0 Å². The van der Waals surface area contributed by atoms with Gasteiger partial charge in [-0.1, -0.05) is 11.2 Å². The summed E-state index contributed by atoms with van der Waals surface area (Å²) in [4.78, 5) is 20.0. The van der Waals surface area contributed by atoms with Gasteiger partial charge in [-0.15, -0.1) is 0 Å². The monoisotopic (exact) mass is 397 g/mol. The van der Waals surface area contributed by atoms with Crippen LogP contribution in [0, 0.1) is 0 Å². The third-order valence-electron chi connectivity index (χ3n) is 2.61. The minimum Gasteiger partial charge on any atom is -0.444 e. The first-order valence-electron chi connectivity index (χ1n) is 8.45. The van der Waals surface area contributed by atoms with Crippen LogP contribution in [-0.4, -0.2) is 28.5 Å². The minimum atomic E-state index is -0.725. The third-order valence-corrected chi connectivity index (χ3v) is 2.61. The molecule has 0 spiro atoms. The lowest BCUT2D eigenvalue weighted by atomic mass is 10.1. The molecular formula is C18H31N5O5. The lowest BCUT2D eigenvalue weighted by Gasteiger charge is -2.16. The van der Waals surface area contributed by atoms with E-state index >= 15 is 0 Å². The smallest absolute Gasteiger partial charge is 0.405 e. The summed E-state index contributed by atoms with van der Waals surface area (Å²) < 4.78 is 14.1. The number of primary amides is 2. The van der Waals surface area contributed by atoms with Crippen LogP contribution in [0.1, 0.15) is 47.1 Å². The summed E-state index contributed by atoms with van der Waals surface area (Å²) in [6, 6.07) is 5.61. The molecule has 2 rings (SSSR count). The number of nitrogen functional groups attached to an aromatic ring is 1. The molecular weight excluding hydrogens is 366 g/mol. The van der Waals surface area contributed by atoms with Crippen molar-refractivity contribution in [2.45, 2.75) is 59.3 Å². The molecule has 0 saturated carbocycles. The van der Waals surface area contributed by atoms with Crippen LogP contribution < -0.4 is 22.9 Å². The van der Waals surface area contributed by atoms with Crippen molar-refractivity contribution < 1.29 is 23.6 Å². The van der Waals surface area contributed by atoms with E-state index in [-0.39, 0.29) is 0 Å². The van der Waals surface area contributed by atoms with E-state index in [9.17, 15) is 9.59 Å². The van der Waals surface area contributed by atoms with Gasteiger partial charge >= 0.3 is 12.2 Å². The molecule has 10 nitrogen and oxygen atoms in total. The Morgan fingerprint density at radius 2 is 1.46 bits per heavy atom. The second-order valence-corrected chi connectivity index (χ2v) is 7.67. The Balaban J connectivity index is 0.000000408. The lowest BCUT2D eigenvalue weighted by molar-refractivity contribution is 0.0588. The number of hydrogen-bond acceptors (Lipinski definition) is 8. The maximum Gasteiger partial charge on any atom is 0.405 e. The molecule has 0 fully saturated rings. The Labute approximate surface area is 164 Å². The molecule has 2 aromatic rings. The Bertz CT molecular complexity index is 749. The number of carbonyl (C=O) groups is 2. The van der Waals surface area contributed by atoms with E-state index in [0.717, 1.165) is 10.9 Å². The van der Waals surface area contributed by atoms with Gasteiger partial charge in [-0.3, -0.25) is 0 Å². The van der Waals surface area contributed by atoms with E-state index in [2.05, 4.69) is 14.6 Å². The van der Waals surface area contributed by atoms with Crippen LogP contribution in [0.4, 0.5) is 15.4 Å². The molecule has 0 aliphatic heterocycles. The minimum absolute atomic E-state index is 0.417. The van der Waals surface area contributed by atoms with E-state index in [1.807, 2.05) is 18.2 Å². The second-order valence-electron chi connectivity index (χ2n) is 7.67. The van der Waals surface area contributed by atoms with Crippen LogP contribution in [0.15, 0.2) is 22.7 Å². The van der Waals surface area contributed by atoms with Gasteiger partial charge in [0.25, 0.3) is 0 Å². The van der Waals surface area contributed by atoms with Crippen LogP contribution in [0.2, 0.25) is 0 Å². The highest BCUT2D eigenvalue weighted by atomic mass is 16.6. The van der Waals surface area contributed by atoms with Gasteiger partial charge in [-0.05, 0) is 59.2 Å². The van der Waals surface area contributed by atoms with Gasteiger partial charge in [0, 0.05) is 6.54 Å². The molecule has 0 saturated heterocycles. The molecule has 2 amide bonds. The van der Waals surface area contributed by atoms with E-state index < -0.39 is 23.4 Å². The van der Waals surface area contributed by atoms with Crippen LogP contribution in [0.3, 0.4) is 0 Å². The SMILES string of the molecule is CC(C)(C)OC(N)=O.CC(C)(C)OC(N)=O.NCc1ccc2onc(N)c2c1. The summed E-state index contributed by atoms with van der Waals surface area (Å²) in [6.07, 6.45) is -1.45. The zero-order valence-corrected chi connectivity index (χ0v) is 17.2. The van der Waals surface area contributed by atoms with Crippen molar-refractivity contribution in [2.75, 3.05) is 5.73 Å². The number of nitrogens with two attached hydrogens (primary N) is 4. The van der Waals surface area contributed by atoms with E-state index in [0.29, 0.717) is 17.9 Å². The molecule has 0 unspecified atom stereocenters. The highest BCUT2D eigenvalue weighted by molar-refractivity contribution is 5.87. The maximum absolute atomic E-state index is 10.0. The van der Waals surface area contributed by atoms with Crippen LogP contribution >= 0.6 is 0 Å². The van der Waals surface area contributed by atoms with Gasteiger partial charge in [0.15, 0.2) is 11.4 Å². The zero-order chi connectivity index (χ0) is 22.1. The average Bonchev–Trinajstić information content (AvgIpc) is 2.84. The molecule has 158 valence electrons. The number of anilines is 1. The molecule has 0 atom stereocenters. The molecule has 0 aliphatic rings. The summed E-state index contributed by atoms with van der Waals surface area (Å²) in [6.45, 7) is 11.1. The maximum atomic E-state index is 10.0. The molecule has 0 radical (unpaired) electrons. The normalized spacial score (nSPS) is 10.8. The molecule has 10 heteroatoms. The second kappa shape index (κ2) is 10.4. The summed E-state index contributed by atoms with van der Waals surface area (Å²) in [5.41, 5.74) is 21.3. The van der Waals surface area contributed by atoms with Gasteiger partial charge < -0.3 is 36.9 Å². The van der Waals surface area contributed by atoms with Gasteiger partial charge in [0.1, 0.15) is 11.2 Å². The highest BCUT2D eigenvalue weighted by Crippen LogP contribution is 2.20. The van der Waals surface area contributed by atoms with Gasteiger partial charge in [0.2, 0.25) is 0 Å². The number of aromatic nitrogens is 1. The Hall–Kier alpha value is -3.01. The molecule has 1 heterocycles. The highest BCUT2D eigenvalue weighted by Gasteiger charge is 2.13. The number of nitrogens with zero attached hydrogens (tertiary/aromatic N) is 1.